The molecule has 0 aromatic carbocycles. The Bertz CT molecular complexity index is 292. The van der Waals surface area contributed by atoms with Crippen molar-refractivity contribution in [2.45, 2.75) is 26.4 Å². The fourth-order valence-electron chi connectivity index (χ4n) is 2.12. The van der Waals surface area contributed by atoms with Crippen LogP contribution >= 0.6 is 0 Å². The summed E-state index contributed by atoms with van der Waals surface area (Å²) in [6, 6.07) is 0. The summed E-state index contributed by atoms with van der Waals surface area (Å²) in [5, 5.41) is 0. The number of hydrogen-bond acceptors (Lipinski definition) is 4. The van der Waals surface area contributed by atoms with E-state index in [-0.39, 0.29) is 29.8 Å². The second-order valence-corrected chi connectivity index (χ2v) is 4.61. The van der Waals surface area contributed by atoms with Gasteiger partial charge in [0.15, 0.2) is 0 Å². The largest absolute Gasteiger partial charge is 0.469 e. The molecule has 0 aromatic heterocycles. The maximum absolute atomic E-state index is 12.1. The van der Waals surface area contributed by atoms with Gasteiger partial charge in [0.05, 0.1) is 25.0 Å². The van der Waals surface area contributed by atoms with Crippen LogP contribution in [0.25, 0.3) is 0 Å². The summed E-state index contributed by atoms with van der Waals surface area (Å²) in [6.07, 6.45) is 0.732. The molecule has 17 heavy (non-hydrogen) atoms. The molecule has 0 aromatic rings. The number of carbonyl (C=O) groups is 2. The van der Waals surface area contributed by atoms with Crippen molar-refractivity contribution in [1.82, 2.24) is 4.90 Å². The summed E-state index contributed by atoms with van der Waals surface area (Å²) in [6.45, 7) is 4.68. The quantitative estimate of drug-likeness (QED) is 0.681. The number of rotatable bonds is 4. The Hall–Kier alpha value is -1.10. The van der Waals surface area contributed by atoms with Gasteiger partial charge in [0.25, 0.3) is 0 Å². The zero-order chi connectivity index (χ0) is 13.0. The summed E-state index contributed by atoms with van der Waals surface area (Å²) in [7, 11) is 3.07. The fourth-order valence-corrected chi connectivity index (χ4v) is 2.12. The maximum atomic E-state index is 12.1. The van der Waals surface area contributed by atoms with Crippen LogP contribution in [0, 0.1) is 11.8 Å². The van der Waals surface area contributed by atoms with Gasteiger partial charge in [-0.3, -0.25) is 9.59 Å². The predicted molar refractivity (Wildman–Crippen MR) is 62.3 cm³/mol. The molecule has 0 N–H and O–H groups in total. The maximum Gasteiger partial charge on any atom is 0.310 e. The molecule has 5 nitrogen and oxygen atoms in total. The molecular weight excluding hydrogens is 222 g/mol. The minimum Gasteiger partial charge on any atom is -0.469 e. The smallest absolute Gasteiger partial charge is 0.310 e. The van der Waals surface area contributed by atoms with Crippen LogP contribution < -0.4 is 0 Å². The molecule has 0 radical (unpaired) electrons. The van der Waals surface area contributed by atoms with Crippen molar-refractivity contribution < 1.29 is 19.1 Å². The lowest BCUT2D eigenvalue weighted by Crippen LogP contribution is -2.39. The van der Waals surface area contributed by atoms with Gasteiger partial charge in [0, 0.05) is 20.2 Å². The standard InChI is InChI=1S/C12H21NO4/c1-8(12(15)16-4)7-13(3)11(14)10-5-6-17-9(10)2/h8-10H,5-7H2,1-4H3. The van der Waals surface area contributed by atoms with Crippen LogP contribution in [-0.4, -0.2) is 50.2 Å². The van der Waals surface area contributed by atoms with Crippen molar-refractivity contribution in [3.05, 3.63) is 0 Å². The molecule has 0 saturated carbocycles. The van der Waals surface area contributed by atoms with Crippen LogP contribution in [0.15, 0.2) is 0 Å². The van der Waals surface area contributed by atoms with Crippen molar-refractivity contribution in [3.63, 3.8) is 0 Å². The number of hydrogen-bond donors (Lipinski definition) is 0. The van der Waals surface area contributed by atoms with Crippen molar-refractivity contribution in [2.24, 2.45) is 11.8 Å². The minimum absolute atomic E-state index is 0.0293. The van der Waals surface area contributed by atoms with Gasteiger partial charge in [-0.25, -0.2) is 0 Å². The van der Waals surface area contributed by atoms with Crippen LogP contribution in [0.4, 0.5) is 0 Å². The summed E-state index contributed by atoms with van der Waals surface area (Å²) >= 11 is 0. The second kappa shape index (κ2) is 6.00. The average Bonchev–Trinajstić information content (AvgIpc) is 2.73. The van der Waals surface area contributed by atoms with Gasteiger partial charge in [-0.1, -0.05) is 6.92 Å². The Morgan fingerprint density at radius 2 is 2.18 bits per heavy atom. The number of ether oxygens (including phenoxy) is 2. The second-order valence-electron chi connectivity index (χ2n) is 4.61. The molecule has 0 bridgehead atoms. The Balaban J connectivity index is 2.49. The summed E-state index contributed by atoms with van der Waals surface area (Å²) in [5.41, 5.74) is 0. The minimum atomic E-state index is -0.299. The zero-order valence-corrected chi connectivity index (χ0v) is 10.9. The lowest BCUT2D eigenvalue weighted by atomic mass is 10.0. The zero-order valence-electron chi connectivity index (χ0n) is 10.9. The SMILES string of the molecule is COC(=O)C(C)CN(C)C(=O)C1CCOC1C. The normalized spacial score (nSPS) is 25.4. The topological polar surface area (TPSA) is 55.8 Å². The van der Waals surface area contributed by atoms with E-state index in [2.05, 4.69) is 4.74 Å². The van der Waals surface area contributed by atoms with E-state index in [1.54, 1.807) is 18.9 Å². The number of amides is 1. The lowest BCUT2D eigenvalue weighted by Gasteiger charge is -2.24. The number of nitrogens with zero attached hydrogens (tertiary/aromatic N) is 1. The first-order chi connectivity index (χ1) is 7.97. The molecule has 0 aliphatic carbocycles. The van der Waals surface area contributed by atoms with Gasteiger partial charge in [-0.15, -0.1) is 0 Å². The molecule has 3 atom stereocenters. The molecule has 1 fully saturated rings. The van der Waals surface area contributed by atoms with Gasteiger partial charge in [-0.2, -0.15) is 0 Å². The molecule has 1 rings (SSSR count). The number of methoxy groups -OCH3 is 1. The van der Waals surface area contributed by atoms with Crippen LogP contribution in [0.3, 0.4) is 0 Å². The Labute approximate surface area is 102 Å². The van der Waals surface area contributed by atoms with E-state index in [4.69, 9.17) is 4.74 Å². The molecule has 1 aliphatic heterocycles. The molecule has 1 heterocycles. The van der Waals surface area contributed by atoms with E-state index in [1.165, 1.54) is 7.11 Å². The lowest BCUT2D eigenvalue weighted by molar-refractivity contribution is -0.146. The Kier molecular flexibility index (Phi) is 4.93. The van der Waals surface area contributed by atoms with Crippen molar-refractivity contribution >= 4 is 11.9 Å². The molecular formula is C12H21NO4. The molecule has 0 spiro atoms. The van der Waals surface area contributed by atoms with Crippen LogP contribution in [-0.2, 0) is 19.1 Å². The van der Waals surface area contributed by atoms with E-state index in [1.807, 2.05) is 6.92 Å². The highest BCUT2D eigenvalue weighted by Crippen LogP contribution is 2.22. The summed E-state index contributed by atoms with van der Waals surface area (Å²) in [4.78, 5) is 25.0. The molecule has 1 aliphatic rings. The van der Waals surface area contributed by atoms with Crippen molar-refractivity contribution in [3.8, 4) is 0 Å². The Morgan fingerprint density at radius 1 is 1.53 bits per heavy atom. The van der Waals surface area contributed by atoms with Crippen molar-refractivity contribution in [2.75, 3.05) is 27.3 Å². The Morgan fingerprint density at radius 3 is 2.65 bits per heavy atom. The van der Waals surface area contributed by atoms with Crippen molar-refractivity contribution in [1.29, 1.82) is 0 Å². The molecule has 5 heteroatoms. The van der Waals surface area contributed by atoms with E-state index >= 15 is 0 Å². The molecule has 3 unspecified atom stereocenters. The molecule has 98 valence electrons. The van der Waals surface area contributed by atoms with Crippen LogP contribution in [0.2, 0.25) is 0 Å². The van der Waals surface area contributed by atoms with Gasteiger partial charge in [0.2, 0.25) is 5.91 Å². The third-order valence-electron chi connectivity index (χ3n) is 3.22. The van der Waals surface area contributed by atoms with E-state index < -0.39 is 0 Å². The average molecular weight is 243 g/mol. The highest BCUT2D eigenvalue weighted by molar-refractivity contribution is 5.80. The van der Waals surface area contributed by atoms with Gasteiger partial charge in [0.1, 0.15) is 0 Å². The number of esters is 1. The number of carbonyl (C=O) groups excluding carboxylic acids is 2. The third kappa shape index (κ3) is 3.43. The van der Waals surface area contributed by atoms with Gasteiger partial charge in [-0.05, 0) is 13.3 Å². The molecule has 1 saturated heterocycles. The predicted octanol–water partition coefficient (Wildman–Crippen LogP) is 0.679. The molecule has 1 amide bonds. The van der Waals surface area contributed by atoms with Crippen LogP contribution in [0.5, 0.6) is 0 Å². The van der Waals surface area contributed by atoms with E-state index in [9.17, 15) is 9.59 Å². The van der Waals surface area contributed by atoms with E-state index in [0.717, 1.165) is 6.42 Å². The monoisotopic (exact) mass is 243 g/mol. The first kappa shape index (κ1) is 14.0. The van der Waals surface area contributed by atoms with Gasteiger partial charge >= 0.3 is 5.97 Å². The first-order valence-electron chi connectivity index (χ1n) is 5.91. The fraction of sp³-hybridized carbons (Fsp3) is 0.833. The summed E-state index contributed by atoms with van der Waals surface area (Å²) in [5.74, 6) is -0.623. The van der Waals surface area contributed by atoms with Crippen LogP contribution in [0.1, 0.15) is 20.3 Å². The van der Waals surface area contributed by atoms with E-state index in [0.29, 0.717) is 13.2 Å². The van der Waals surface area contributed by atoms with Gasteiger partial charge < -0.3 is 14.4 Å². The first-order valence-corrected chi connectivity index (χ1v) is 5.91. The highest BCUT2D eigenvalue weighted by atomic mass is 16.5. The highest BCUT2D eigenvalue weighted by Gasteiger charge is 2.33. The third-order valence-corrected chi connectivity index (χ3v) is 3.22. The summed E-state index contributed by atoms with van der Waals surface area (Å²) < 4.78 is 10.0.